The molecule has 39 heavy (non-hydrogen) atoms. The highest BCUT2D eigenvalue weighted by atomic mass is 19.1. The summed E-state index contributed by atoms with van der Waals surface area (Å²) in [4.78, 5) is 25.5. The van der Waals surface area contributed by atoms with Crippen LogP contribution < -0.4 is 27.0 Å². The normalized spacial score (nSPS) is 10.9. The summed E-state index contributed by atoms with van der Waals surface area (Å²) in [6.45, 7) is 6.96. The number of amides is 1. The van der Waals surface area contributed by atoms with Gasteiger partial charge in [0.2, 0.25) is 23.8 Å². The zero-order chi connectivity index (χ0) is 27.9. The maximum absolute atomic E-state index is 14.0. The fourth-order valence-corrected chi connectivity index (χ4v) is 3.40. The number of aromatic nitrogens is 3. The van der Waals surface area contributed by atoms with Crippen molar-refractivity contribution in [2.45, 2.75) is 32.9 Å². The van der Waals surface area contributed by atoms with Crippen LogP contribution in [0.15, 0.2) is 48.5 Å². The summed E-state index contributed by atoms with van der Waals surface area (Å²) in [6.07, 6.45) is 0.248. The van der Waals surface area contributed by atoms with Crippen LogP contribution in [0.5, 0.6) is 0 Å². The Morgan fingerprint density at radius 2 is 1.62 bits per heavy atom. The molecule has 0 spiro atoms. The number of anilines is 4. The number of halogens is 1. The van der Waals surface area contributed by atoms with Crippen LogP contribution in [0, 0.1) is 5.82 Å². The van der Waals surface area contributed by atoms with Gasteiger partial charge < -0.3 is 36.5 Å². The van der Waals surface area contributed by atoms with Crippen LogP contribution in [0.25, 0.3) is 0 Å². The van der Waals surface area contributed by atoms with Crippen molar-refractivity contribution in [3.8, 4) is 0 Å². The average Bonchev–Trinajstić information content (AvgIpc) is 2.90. The Hall–Kier alpha value is -3.87. The van der Waals surface area contributed by atoms with E-state index in [-0.39, 0.29) is 30.7 Å². The third kappa shape index (κ3) is 11.2. The Balaban J connectivity index is 1.52. The molecular weight excluding hydrogens is 503 g/mol. The zero-order valence-electron chi connectivity index (χ0n) is 22.4. The summed E-state index contributed by atoms with van der Waals surface area (Å²) in [5.74, 6) is 0.622. The van der Waals surface area contributed by atoms with Crippen molar-refractivity contribution in [2.24, 2.45) is 5.73 Å². The van der Waals surface area contributed by atoms with E-state index in [4.69, 9.17) is 15.2 Å². The van der Waals surface area contributed by atoms with Crippen LogP contribution >= 0.6 is 0 Å². The molecule has 0 unspecified atom stereocenters. The van der Waals surface area contributed by atoms with Gasteiger partial charge in [-0.2, -0.15) is 15.0 Å². The van der Waals surface area contributed by atoms with E-state index in [0.29, 0.717) is 62.9 Å². The number of carbonyl (C=O) groups excluding carboxylic acids is 1. The van der Waals surface area contributed by atoms with E-state index in [0.717, 1.165) is 11.3 Å². The predicted molar refractivity (Wildman–Crippen MR) is 149 cm³/mol. The molecular formula is C27H37FN8O3. The van der Waals surface area contributed by atoms with Gasteiger partial charge in [0.1, 0.15) is 5.82 Å². The summed E-state index contributed by atoms with van der Waals surface area (Å²) in [6, 6.07) is 14.0. The molecule has 0 radical (unpaired) electrons. The molecule has 0 aliphatic heterocycles. The molecule has 0 atom stereocenters. The fraction of sp³-hybridized carbons (Fsp3) is 0.407. The highest BCUT2D eigenvalue weighted by molar-refractivity contribution is 5.78. The van der Waals surface area contributed by atoms with Gasteiger partial charge in [-0.25, -0.2) is 4.39 Å². The van der Waals surface area contributed by atoms with Crippen LogP contribution in [0.3, 0.4) is 0 Å². The molecule has 210 valence electrons. The van der Waals surface area contributed by atoms with Gasteiger partial charge in [-0.05, 0) is 37.6 Å². The number of nitrogens with two attached hydrogens (primary N) is 1. The van der Waals surface area contributed by atoms with Crippen molar-refractivity contribution in [3.63, 3.8) is 0 Å². The average molecular weight is 541 g/mol. The van der Waals surface area contributed by atoms with Gasteiger partial charge in [-0.3, -0.25) is 4.79 Å². The van der Waals surface area contributed by atoms with E-state index in [2.05, 4.69) is 36.2 Å². The highest BCUT2D eigenvalue weighted by Gasteiger charge is 2.10. The van der Waals surface area contributed by atoms with Crippen molar-refractivity contribution in [3.05, 3.63) is 65.5 Å². The van der Waals surface area contributed by atoms with Gasteiger partial charge in [0.15, 0.2) is 0 Å². The van der Waals surface area contributed by atoms with E-state index < -0.39 is 0 Å². The van der Waals surface area contributed by atoms with Crippen molar-refractivity contribution in [1.29, 1.82) is 0 Å². The number of nitrogens with one attached hydrogen (secondary N) is 4. The monoisotopic (exact) mass is 540 g/mol. The summed E-state index contributed by atoms with van der Waals surface area (Å²) >= 11 is 0. The maximum Gasteiger partial charge on any atom is 0.233 e. The van der Waals surface area contributed by atoms with Gasteiger partial charge >= 0.3 is 0 Å². The van der Waals surface area contributed by atoms with Crippen LogP contribution in [0.4, 0.5) is 27.9 Å². The predicted octanol–water partition coefficient (Wildman–Crippen LogP) is 2.84. The summed E-state index contributed by atoms with van der Waals surface area (Å²) in [5.41, 5.74) is 7.45. The molecule has 0 aliphatic rings. The molecule has 0 aliphatic carbocycles. The first-order valence-electron chi connectivity index (χ1n) is 12.9. The van der Waals surface area contributed by atoms with Crippen LogP contribution in [0.2, 0.25) is 0 Å². The molecule has 1 aromatic heterocycles. The SMILES string of the molecule is CC(C)Nc1nc(NCc2ccccc2F)nc(Nc2ccc(CC(=O)NCCOCCOCCN)cc2)n1. The third-order valence-corrected chi connectivity index (χ3v) is 5.23. The van der Waals surface area contributed by atoms with Crippen molar-refractivity contribution in [1.82, 2.24) is 20.3 Å². The molecule has 0 saturated carbocycles. The summed E-state index contributed by atoms with van der Waals surface area (Å²) in [7, 11) is 0. The molecule has 0 saturated heterocycles. The highest BCUT2D eigenvalue weighted by Crippen LogP contribution is 2.18. The zero-order valence-corrected chi connectivity index (χ0v) is 22.4. The van der Waals surface area contributed by atoms with Crippen molar-refractivity contribution >= 4 is 29.4 Å². The standard InChI is InChI=1S/C27H37FN8O3/c1-19(2)32-26-34-25(31-18-21-5-3-4-6-23(21)28)35-27(36-26)33-22-9-7-20(8-10-22)17-24(37)30-12-14-39-16-15-38-13-11-29/h3-10,19H,11-18,29H2,1-2H3,(H,30,37)(H3,31,32,33,34,35,36). The van der Waals surface area contributed by atoms with E-state index in [1.54, 1.807) is 18.2 Å². The van der Waals surface area contributed by atoms with E-state index in [1.165, 1.54) is 6.07 Å². The molecule has 12 heteroatoms. The summed E-state index contributed by atoms with van der Waals surface area (Å²) < 4.78 is 24.6. The Morgan fingerprint density at radius 3 is 2.33 bits per heavy atom. The Bertz CT molecular complexity index is 1160. The van der Waals surface area contributed by atoms with E-state index in [9.17, 15) is 9.18 Å². The van der Waals surface area contributed by atoms with Crippen LogP contribution in [-0.2, 0) is 27.2 Å². The lowest BCUT2D eigenvalue weighted by Crippen LogP contribution is -2.29. The fourth-order valence-electron chi connectivity index (χ4n) is 3.40. The molecule has 6 N–H and O–H groups in total. The number of hydrogen-bond donors (Lipinski definition) is 5. The van der Waals surface area contributed by atoms with Gasteiger partial charge in [0.25, 0.3) is 0 Å². The lowest BCUT2D eigenvalue weighted by molar-refractivity contribution is -0.120. The molecule has 11 nitrogen and oxygen atoms in total. The lowest BCUT2D eigenvalue weighted by atomic mass is 10.1. The number of hydrogen-bond acceptors (Lipinski definition) is 10. The minimum absolute atomic E-state index is 0.0915. The van der Waals surface area contributed by atoms with Gasteiger partial charge in [0, 0.05) is 36.9 Å². The Kier molecular flexibility index (Phi) is 12.3. The van der Waals surface area contributed by atoms with Crippen LogP contribution in [-0.4, -0.2) is 66.4 Å². The number of carbonyl (C=O) groups is 1. The first-order valence-corrected chi connectivity index (χ1v) is 12.9. The quantitative estimate of drug-likeness (QED) is 0.162. The van der Waals surface area contributed by atoms with Gasteiger partial charge in [-0.1, -0.05) is 30.3 Å². The lowest BCUT2D eigenvalue weighted by Gasteiger charge is -2.13. The number of benzene rings is 2. The Labute approximate surface area is 228 Å². The van der Waals surface area contributed by atoms with Crippen LogP contribution in [0.1, 0.15) is 25.0 Å². The van der Waals surface area contributed by atoms with Gasteiger partial charge in [0.05, 0.1) is 32.8 Å². The molecule has 2 aromatic carbocycles. The molecule has 3 rings (SSSR count). The molecule has 0 bridgehead atoms. The summed E-state index contributed by atoms with van der Waals surface area (Å²) in [5, 5.41) is 12.2. The maximum atomic E-state index is 14.0. The van der Waals surface area contributed by atoms with Crippen molar-refractivity contribution in [2.75, 3.05) is 55.5 Å². The smallest absolute Gasteiger partial charge is 0.233 e. The largest absolute Gasteiger partial charge is 0.378 e. The second kappa shape index (κ2) is 16.2. The second-order valence-corrected chi connectivity index (χ2v) is 8.91. The minimum Gasteiger partial charge on any atom is -0.378 e. The molecule has 3 aromatic rings. The van der Waals surface area contributed by atoms with Gasteiger partial charge in [-0.15, -0.1) is 0 Å². The van der Waals surface area contributed by atoms with Crippen molar-refractivity contribution < 1.29 is 18.7 Å². The Morgan fingerprint density at radius 1 is 0.923 bits per heavy atom. The first kappa shape index (κ1) is 29.7. The molecule has 1 amide bonds. The number of nitrogens with zero attached hydrogens (tertiary/aromatic N) is 3. The molecule has 0 fully saturated rings. The number of rotatable bonds is 17. The molecule has 1 heterocycles. The second-order valence-electron chi connectivity index (χ2n) is 8.91. The topological polar surface area (TPSA) is 148 Å². The van der Waals surface area contributed by atoms with E-state index in [1.807, 2.05) is 38.1 Å². The van der Waals surface area contributed by atoms with E-state index >= 15 is 0 Å². The third-order valence-electron chi connectivity index (χ3n) is 5.23. The number of ether oxygens (including phenoxy) is 2. The minimum atomic E-state index is -0.302. The first-order chi connectivity index (χ1) is 18.9.